The molecule has 1 N–H and O–H groups in total. The number of carbonyl (C=O) groups excluding carboxylic acids is 2. The van der Waals surface area contributed by atoms with Crippen LogP contribution < -0.4 is 9.64 Å². The molecule has 3 aromatic carbocycles. The summed E-state index contributed by atoms with van der Waals surface area (Å²) in [7, 11) is 1.59. The van der Waals surface area contributed by atoms with E-state index in [0.29, 0.717) is 22.0 Å². The molecule has 188 valence electrons. The van der Waals surface area contributed by atoms with Gasteiger partial charge in [0.1, 0.15) is 11.5 Å². The van der Waals surface area contributed by atoms with Gasteiger partial charge in [-0.15, -0.1) is 0 Å². The van der Waals surface area contributed by atoms with Gasteiger partial charge in [0.15, 0.2) is 5.13 Å². The summed E-state index contributed by atoms with van der Waals surface area (Å²) in [6, 6.07) is 19.7. The number of hydrogen-bond acceptors (Lipinski definition) is 6. The standard InChI is InChI=1S/C30H28N2O4S/c1-17-6-8-19(9-7-17)26(33)24-25(18-10-12-20(13-11-18)30(2,3)4)32(28(35)27(24)34)29-31-22-15-14-21(36-5)16-23(22)37-29/h6-16,25,33H,1-5H3/b26-24+/t25-/m1/s1. The lowest BCUT2D eigenvalue weighted by atomic mass is 9.85. The van der Waals surface area contributed by atoms with Crippen molar-refractivity contribution in [3.05, 3.63) is 94.6 Å². The number of aliphatic hydroxyl groups is 1. The molecule has 0 spiro atoms. The van der Waals surface area contributed by atoms with Gasteiger partial charge in [-0.1, -0.05) is 86.2 Å². The Labute approximate surface area is 219 Å². The highest BCUT2D eigenvalue weighted by Crippen LogP contribution is 2.45. The van der Waals surface area contributed by atoms with Crippen LogP contribution in [0.25, 0.3) is 16.0 Å². The van der Waals surface area contributed by atoms with Crippen LogP contribution in [0.15, 0.2) is 72.3 Å². The van der Waals surface area contributed by atoms with Crippen LogP contribution in [0.5, 0.6) is 5.75 Å². The second-order valence-electron chi connectivity index (χ2n) is 10.2. The molecule has 1 fully saturated rings. The Kier molecular flexibility index (Phi) is 6.12. The van der Waals surface area contributed by atoms with Crippen molar-refractivity contribution in [2.45, 2.75) is 39.2 Å². The highest BCUT2D eigenvalue weighted by Gasteiger charge is 2.48. The van der Waals surface area contributed by atoms with Crippen LogP contribution in [-0.2, 0) is 15.0 Å². The number of nitrogens with zero attached hydrogens (tertiary/aromatic N) is 2. The highest BCUT2D eigenvalue weighted by molar-refractivity contribution is 7.22. The molecule has 0 aliphatic carbocycles. The van der Waals surface area contributed by atoms with E-state index in [-0.39, 0.29) is 16.7 Å². The van der Waals surface area contributed by atoms with Gasteiger partial charge in [0, 0.05) is 5.56 Å². The van der Waals surface area contributed by atoms with E-state index >= 15 is 0 Å². The third-order valence-electron chi connectivity index (χ3n) is 6.65. The Morgan fingerprint density at radius 1 is 1.00 bits per heavy atom. The minimum atomic E-state index is -0.822. The summed E-state index contributed by atoms with van der Waals surface area (Å²) >= 11 is 1.30. The lowest BCUT2D eigenvalue weighted by molar-refractivity contribution is -0.132. The van der Waals surface area contributed by atoms with Gasteiger partial charge in [0.2, 0.25) is 0 Å². The number of amides is 1. The Morgan fingerprint density at radius 2 is 1.68 bits per heavy atom. The maximum absolute atomic E-state index is 13.5. The first-order chi connectivity index (χ1) is 17.6. The van der Waals surface area contributed by atoms with Gasteiger partial charge in [-0.2, -0.15) is 0 Å². The summed E-state index contributed by atoms with van der Waals surface area (Å²) < 4.78 is 6.16. The highest BCUT2D eigenvalue weighted by atomic mass is 32.1. The number of thiazole rings is 1. The van der Waals surface area contributed by atoms with Crippen LogP contribution in [0.4, 0.5) is 5.13 Å². The zero-order chi connectivity index (χ0) is 26.5. The average molecular weight is 513 g/mol. The quantitative estimate of drug-likeness (QED) is 0.191. The summed E-state index contributed by atoms with van der Waals surface area (Å²) in [6.45, 7) is 8.32. The minimum absolute atomic E-state index is 0.0502. The molecule has 0 saturated carbocycles. The number of carbonyl (C=O) groups is 2. The zero-order valence-electron chi connectivity index (χ0n) is 21.4. The smallest absolute Gasteiger partial charge is 0.301 e. The molecule has 2 heterocycles. The first kappa shape index (κ1) is 24.7. The molecule has 1 aliphatic rings. The molecule has 4 aromatic rings. The first-order valence-corrected chi connectivity index (χ1v) is 12.8. The fourth-order valence-corrected chi connectivity index (χ4v) is 5.52. The lowest BCUT2D eigenvalue weighted by Crippen LogP contribution is -2.29. The van der Waals surface area contributed by atoms with E-state index in [4.69, 9.17) is 4.74 Å². The summed E-state index contributed by atoms with van der Waals surface area (Å²) in [6.07, 6.45) is 0. The predicted molar refractivity (Wildman–Crippen MR) is 147 cm³/mol. The number of ether oxygens (including phenoxy) is 1. The SMILES string of the molecule is COc1ccc2nc(N3C(=O)C(=O)/C(=C(/O)c4ccc(C)cc4)[C@H]3c3ccc(C(C)(C)C)cc3)sc2c1. The van der Waals surface area contributed by atoms with Crippen molar-refractivity contribution in [3.8, 4) is 5.75 Å². The van der Waals surface area contributed by atoms with Crippen molar-refractivity contribution < 1.29 is 19.4 Å². The molecule has 1 aliphatic heterocycles. The molecule has 0 radical (unpaired) electrons. The average Bonchev–Trinajstić information content (AvgIpc) is 3.41. The fraction of sp³-hybridized carbons (Fsp3) is 0.233. The number of methoxy groups -OCH3 is 1. The van der Waals surface area contributed by atoms with Crippen LogP contribution in [-0.4, -0.2) is 28.9 Å². The Hall–Kier alpha value is -3.97. The van der Waals surface area contributed by atoms with Crippen molar-refractivity contribution in [3.63, 3.8) is 0 Å². The number of aromatic nitrogens is 1. The lowest BCUT2D eigenvalue weighted by Gasteiger charge is -2.24. The number of fused-ring (bicyclic) bond motifs is 1. The second-order valence-corrected chi connectivity index (χ2v) is 11.2. The van der Waals surface area contributed by atoms with E-state index in [1.807, 2.05) is 55.5 Å². The molecule has 1 amide bonds. The molecular formula is C30H28N2O4S. The van der Waals surface area contributed by atoms with Gasteiger partial charge >= 0.3 is 5.91 Å². The predicted octanol–water partition coefficient (Wildman–Crippen LogP) is 6.54. The van der Waals surface area contributed by atoms with Crippen LogP contribution >= 0.6 is 11.3 Å². The maximum Gasteiger partial charge on any atom is 0.301 e. The topological polar surface area (TPSA) is 79.7 Å². The van der Waals surface area contributed by atoms with E-state index in [9.17, 15) is 14.7 Å². The number of aryl methyl sites for hydroxylation is 1. The Balaban J connectivity index is 1.70. The van der Waals surface area contributed by atoms with Crippen molar-refractivity contribution in [1.82, 2.24) is 4.98 Å². The summed E-state index contributed by atoms with van der Waals surface area (Å²) in [4.78, 5) is 33.0. The largest absolute Gasteiger partial charge is 0.507 e. The third-order valence-corrected chi connectivity index (χ3v) is 7.67. The van der Waals surface area contributed by atoms with Gasteiger partial charge in [-0.3, -0.25) is 14.5 Å². The molecule has 0 unspecified atom stereocenters. The fourth-order valence-electron chi connectivity index (χ4n) is 4.50. The number of aliphatic hydroxyl groups excluding tert-OH is 1. The van der Waals surface area contributed by atoms with Crippen molar-refractivity contribution in [1.29, 1.82) is 0 Å². The van der Waals surface area contributed by atoms with Gasteiger partial charge < -0.3 is 9.84 Å². The molecule has 0 bridgehead atoms. The number of Topliss-reactive ketones (excluding diaryl/α,β-unsaturated/α-hetero) is 1. The number of hydrogen-bond donors (Lipinski definition) is 1. The van der Waals surface area contributed by atoms with Crippen LogP contribution in [0.1, 0.15) is 49.1 Å². The van der Waals surface area contributed by atoms with E-state index in [2.05, 4.69) is 25.8 Å². The normalized spacial score (nSPS) is 17.5. The summed E-state index contributed by atoms with van der Waals surface area (Å²) in [5, 5.41) is 11.7. The summed E-state index contributed by atoms with van der Waals surface area (Å²) in [5.74, 6) is -0.976. The third kappa shape index (κ3) is 4.40. The molecule has 7 heteroatoms. The number of anilines is 1. The van der Waals surface area contributed by atoms with Crippen LogP contribution in [0.2, 0.25) is 0 Å². The Morgan fingerprint density at radius 3 is 2.30 bits per heavy atom. The van der Waals surface area contributed by atoms with Gasteiger partial charge in [0.25, 0.3) is 5.78 Å². The molecule has 6 nitrogen and oxygen atoms in total. The molecule has 1 atom stereocenters. The summed E-state index contributed by atoms with van der Waals surface area (Å²) in [5.41, 5.74) is 4.04. The van der Waals surface area contributed by atoms with E-state index in [1.165, 1.54) is 16.2 Å². The Bertz CT molecular complexity index is 1540. The van der Waals surface area contributed by atoms with Gasteiger partial charge in [-0.25, -0.2) is 4.98 Å². The van der Waals surface area contributed by atoms with Crippen LogP contribution in [0.3, 0.4) is 0 Å². The number of ketones is 1. The monoisotopic (exact) mass is 512 g/mol. The van der Waals surface area contributed by atoms with E-state index in [0.717, 1.165) is 21.4 Å². The molecule has 37 heavy (non-hydrogen) atoms. The second kappa shape index (κ2) is 9.16. The molecule has 1 saturated heterocycles. The van der Waals surface area contributed by atoms with E-state index < -0.39 is 17.7 Å². The van der Waals surface area contributed by atoms with Crippen molar-refractivity contribution in [2.24, 2.45) is 0 Å². The van der Waals surface area contributed by atoms with Crippen LogP contribution in [0, 0.1) is 6.92 Å². The van der Waals surface area contributed by atoms with Crippen molar-refractivity contribution in [2.75, 3.05) is 12.0 Å². The number of rotatable bonds is 4. The minimum Gasteiger partial charge on any atom is -0.507 e. The van der Waals surface area contributed by atoms with Gasteiger partial charge in [-0.05, 0) is 41.7 Å². The zero-order valence-corrected chi connectivity index (χ0v) is 22.2. The maximum atomic E-state index is 13.5. The van der Waals surface area contributed by atoms with Crippen molar-refractivity contribution >= 4 is 44.1 Å². The van der Waals surface area contributed by atoms with Gasteiger partial charge in [0.05, 0.1) is 28.9 Å². The number of benzene rings is 3. The molecule has 1 aromatic heterocycles. The van der Waals surface area contributed by atoms with E-state index in [1.54, 1.807) is 25.3 Å². The molecule has 5 rings (SSSR count). The molecular weight excluding hydrogens is 484 g/mol. The first-order valence-electron chi connectivity index (χ1n) is 12.0.